The Balaban J connectivity index is 0.00000156. The molecule has 0 aliphatic heterocycles. The lowest BCUT2D eigenvalue weighted by Crippen LogP contribution is -2.37. The van der Waals surface area contributed by atoms with Crippen molar-refractivity contribution in [2.45, 2.75) is 6.54 Å². The van der Waals surface area contributed by atoms with Gasteiger partial charge in [-0.25, -0.2) is 4.99 Å². The van der Waals surface area contributed by atoms with Crippen LogP contribution in [-0.4, -0.2) is 21.8 Å². The summed E-state index contributed by atoms with van der Waals surface area (Å²) in [6.45, 7) is 0.372. The van der Waals surface area contributed by atoms with Crippen molar-refractivity contribution in [3.8, 4) is 0 Å². The predicted octanol–water partition coefficient (Wildman–Crippen LogP) is 3.30. The van der Waals surface area contributed by atoms with Gasteiger partial charge in [0, 0.05) is 28.3 Å². The van der Waals surface area contributed by atoms with Crippen LogP contribution in [0.3, 0.4) is 0 Å². The molecule has 0 bridgehead atoms. The van der Waals surface area contributed by atoms with Crippen LogP contribution in [0.5, 0.6) is 0 Å². The number of rotatable bonds is 3. The summed E-state index contributed by atoms with van der Waals surface area (Å²) in [6, 6.07) is 10.7. The minimum atomic E-state index is -0.353. The van der Waals surface area contributed by atoms with Gasteiger partial charge in [0.15, 0.2) is 5.96 Å². The number of amides is 1. The molecule has 0 aliphatic rings. The Morgan fingerprint density at radius 1 is 1.20 bits per heavy atom. The van der Waals surface area contributed by atoms with Crippen molar-refractivity contribution >= 4 is 59.2 Å². The van der Waals surface area contributed by atoms with Crippen LogP contribution in [0.2, 0.25) is 5.02 Å². The van der Waals surface area contributed by atoms with Crippen molar-refractivity contribution in [2.75, 3.05) is 0 Å². The van der Waals surface area contributed by atoms with E-state index in [1.54, 1.807) is 30.6 Å². The van der Waals surface area contributed by atoms with E-state index in [2.05, 4.69) is 20.3 Å². The van der Waals surface area contributed by atoms with E-state index in [1.165, 1.54) is 0 Å². The molecule has 0 spiro atoms. The zero-order valence-electron chi connectivity index (χ0n) is 12.9. The van der Waals surface area contributed by atoms with Crippen molar-refractivity contribution in [1.29, 1.82) is 0 Å². The molecule has 132 valence electrons. The van der Waals surface area contributed by atoms with Gasteiger partial charge in [0.05, 0.1) is 6.54 Å². The number of nitrogens with two attached hydrogens (primary N) is 1. The molecule has 9 heteroatoms. The molecule has 1 aromatic carbocycles. The zero-order valence-corrected chi connectivity index (χ0v) is 15.3. The lowest BCUT2D eigenvalue weighted by molar-refractivity contribution is 0.0972. The normalized spacial score (nSPS) is 10.7. The van der Waals surface area contributed by atoms with E-state index in [0.29, 0.717) is 17.3 Å². The molecular weight excluding hydrogens is 385 g/mol. The molecule has 0 saturated carbocycles. The number of aromatic amines is 1. The molecule has 2 aromatic heterocycles. The summed E-state index contributed by atoms with van der Waals surface area (Å²) in [5, 5.41) is 4.02. The number of halogens is 3. The second kappa shape index (κ2) is 9.27. The topological polar surface area (TPSA) is 96.2 Å². The van der Waals surface area contributed by atoms with Crippen molar-refractivity contribution < 1.29 is 4.79 Å². The van der Waals surface area contributed by atoms with E-state index < -0.39 is 0 Å². The van der Waals surface area contributed by atoms with Gasteiger partial charge in [-0.05, 0) is 42.0 Å². The van der Waals surface area contributed by atoms with Crippen LogP contribution in [0, 0.1) is 0 Å². The van der Waals surface area contributed by atoms with E-state index >= 15 is 0 Å². The standard InChI is InChI=1S/C16H14ClN5O.2ClH/c17-12-1-2-13-11(7-12)8-14(21-13)15(23)22-16(18)20-9-10-3-5-19-6-4-10;;/h1-8,21H,9H2,(H3,18,20,22,23);2*1H. The molecule has 6 nitrogen and oxygen atoms in total. The molecule has 2 heterocycles. The second-order valence-corrected chi connectivity index (χ2v) is 5.36. The number of H-pyrrole nitrogens is 1. The predicted molar refractivity (Wildman–Crippen MR) is 105 cm³/mol. The number of carbonyl (C=O) groups excluding carboxylic acids is 1. The average molecular weight is 401 g/mol. The molecule has 0 fully saturated rings. The maximum Gasteiger partial charge on any atom is 0.274 e. The van der Waals surface area contributed by atoms with Crippen molar-refractivity contribution in [1.82, 2.24) is 15.3 Å². The van der Waals surface area contributed by atoms with Gasteiger partial charge in [0.25, 0.3) is 5.91 Å². The number of carbonyl (C=O) groups is 1. The fourth-order valence-corrected chi connectivity index (χ4v) is 2.29. The average Bonchev–Trinajstić information content (AvgIpc) is 2.97. The van der Waals surface area contributed by atoms with Crippen molar-refractivity contribution in [3.05, 3.63) is 65.1 Å². The minimum absolute atomic E-state index is 0. The molecule has 3 aromatic rings. The Morgan fingerprint density at radius 2 is 1.92 bits per heavy atom. The monoisotopic (exact) mass is 399 g/mol. The SMILES string of the molecule is Cl.Cl.NC(=NCc1ccncc1)NC(=O)c1cc2cc(Cl)ccc2[nH]1. The quantitative estimate of drug-likeness (QED) is 0.465. The van der Waals surface area contributed by atoms with Gasteiger partial charge >= 0.3 is 0 Å². The molecule has 3 rings (SSSR count). The van der Waals surface area contributed by atoms with Crippen LogP contribution in [0.25, 0.3) is 10.9 Å². The molecule has 25 heavy (non-hydrogen) atoms. The van der Waals surface area contributed by atoms with E-state index in [1.807, 2.05) is 18.2 Å². The number of benzene rings is 1. The van der Waals surface area contributed by atoms with E-state index in [-0.39, 0.29) is 36.7 Å². The Hall–Kier alpha value is -2.28. The first kappa shape index (κ1) is 20.8. The number of aromatic nitrogens is 2. The van der Waals surface area contributed by atoms with Crippen molar-refractivity contribution in [2.24, 2.45) is 10.7 Å². The van der Waals surface area contributed by atoms with Crippen LogP contribution < -0.4 is 11.1 Å². The Kier molecular flexibility index (Phi) is 7.70. The first-order chi connectivity index (χ1) is 11.1. The summed E-state index contributed by atoms with van der Waals surface area (Å²) in [5.74, 6) is -0.295. The Morgan fingerprint density at radius 3 is 2.64 bits per heavy atom. The number of nitrogens with zero attached hydrogens (tertiary/aromatic N) is 2. The zero-order chi connectivity index (χ0) is 16.2. The highest BCUT2D eigenvalue weighted by molar-refractivity contribution is 6.31. The highest BCUT2D eigenvalue weighted by Gasteiger charge is 2.10. The van der Waals surface area contributed by atoms with Crippen LogP contribution in [0.4, 0.5) is 0 Å². The van der Waals surface area contributed by atoms with Crippen LogP contribution in [-0.2, 0) is 6.54 Å². The fraction of sp³-hybridized carbons (Fsp3) is 0.0625. The maximum atomic E-state index is 12.2. The van der Waals surface area contributed by atoms with Gasteiger partial charge in [0.1, 0.15) is 5.69 Å². The van der Waals surface area contributed by atoms with E-state index in [4.69, 9.17) is 17.3 Å². The fourth-order valence-electron chi connectivity index (χ4n) is 2.11. The third-order valence-electron chi connectivity index (χ3n) is 3.25. The number of pyridine rings is 1. The summed E-state index contributed by atoms with van der Waals surface area (Å²) in [5.41, 5.74) is 7.92. The lowest BCUT2D eigenvalue weighted by Gasteiger charge is -2.03. The first-order valence-electron chi connectivity index (χ1n) is 6.90. The molecule has 0 saturated heterocycles. The number of nitrogens with one attached hydrogen (secondary N) is 2. The van der Waals surface area contributed by atoms with Gasteiger partial charge in [-0.1, -0.05) is 11.6 Å². The van der Waals surface area contributed by atoms with E-state index in [0.717, 1.165) is 16.5 Å². The van der Waals surface area contributed by atoms with Gasteiger partial charge in [0.2, 0.25) is 0 Å². The number of aliphatic imine (C=N–C) groups is 1. The highest BCUT2D eigenvalue weighted by Crippen LogP contribution is 2.19. The molecule has 0 aliphatic carbocycles. The van der Waals surface area contributed by atoms with Crippen molar-refractivity contribution in [3.63, 3.8) is 0 Å². The maximum absolute atomic E-state index is 12.2. The number of fused-ring (bicyclic) bond motifs is 1. The van der Waals surface area contributed by atoms with Crippen LogP contribution in [0.15, 0.2) is 53.8 Å². The summed E-state index contributed by atoms with van der Waals surface area (Å²) in [7, 11) is 0. The van der Waals surface area contributed by atoms with Crippen LogP contribution in [0.1, 0.15) is 16.1 Å². The number of guanidine groups is 1. The van der Waals surface area contributed by atoms with Gasteiger partial charge < -0.3 is 10.7 Å². The Labute approximate surface area is 161 Å². The largest absolute Gasteiger partial charge is 0.370 e. The third kappa shape index (κ3) is 5.35. The summed E-state index contributed by atoms with van der Waals surface area (Å²) in [4.78, 5) is 23.2. The number of hydrogen-bond donors (Lipinski definition) is 3. The molecule has 0 atom stereocenters. The van der Waals surface area contributed by atoms with Gasteiger partial charge in [-0.3, -0.25) is 15.1 Å². The molecule has 1 amide bonds. The third-order valence-corrected chi connectivity index (χ3v) is 3.49. The lowest BCUT2D eigenvalue weighted by atomic mass is 10.2. The molecule has 0 unspecified atom stereocenters. The summed E-state index contributed by atoms with van der Waals surface area (Å²) >= 11 is 5.93. The summed E-state index contributed by atoms with van der Waals surface area (Å²) < 4.78 is 0. The molecule has 0 radical (unpaired) electrons. The molecular formula is C16H16Cl3N5O. The molecule has 4 N–H and O–H groups in total. The summed E-state index contributed by atoms with van der Waals surface area (Å²) in [6.07, 6.45) is 3.35. The minimum Gasteiger partial charge on any atom is -0.370 e. The number of hydrogen-bond acceptors (Lipinski definition) is 3. The van der Waals surface area contributed by atoms with Gasteiger partial charge in [-0.2, -0.15) is 0 Å². The first-order valence-corrected chi connectivity index (χ1v) is 7.28. The smallest absolute Gasteiger partial charge is 0.274 e. The van der Waals surface area contributed by atoms with Gasteiger partial charge in [-0.15, -0.1) is 24.8 Å². The Bertz CT molecular complexity index is 880. The van der Waals surface area contributed by atoms with E-state index in [9.17, 15) is 4.79 Å². The van der Waals surface area contributed by atoms with Crippen LogP contribution >= 0.6 is 36.4 Å². The second-order valence-electron chi connectivity index (χ2n) is 4.93. The highest BCUT2D eigenvalue weighted by atomic mass is 35.5.